The van der Waals surface area contributed by atoms with Crippen LogP contribution in [0.3, 0.4) is 0 Å². The van der Waals surface area contributed by atoms with E-state index in [0.717, 1.165) is 17.8 Å². The van der Waals surface area contributed by atoms with Crippen LogP contribution < -0.4 is 0 Å². The average Bonchev–Trinajstić information content (AvgIpc) is 3.00. The Morgan fingerprint density at radius 2 is 1.71 bits per heavy atom. The smallest absolute Gasteiger partial charge is 0.00870 e. The van der Waals surface area contributed by atoms with Crippen molar-refractivity contribution in [2.24, 2.45) is 11.8 Å². The van der Waals surface area contributed by atoms with Crippen LogP contribution in [-0.4, -0.2) is 0 Å². The van der Waals surface area contributed by atoms with Crippen LogP contribution in [0.5, 0.6) is 0 Å². The zero-order chi connectivity index (χ0) is 11.2. The van der Waals surface area contributed by atoms with Crippen molar-refractivity contribution >= 4 is 10.8 Å². The molecule has 0 saturated heterocycles. The molecule has 0 heterocycles. The van der Waals surface area contributed by atoms with Gasteiger partial charge in [-0.2, -0.15) is 0 Å². The van der Waals surface area contributed by atoms with Gasteiger partial charge < -0.3 is 0 Å². The molecule has 84 valence electrons. The van der Waals surface area contributed by atoms with Gasteiger partial charge in [0, 0.05) is 0 Å². The van der Waals surface area contributed by atoms with Gasteiger partial charge in [-0.15, -0.1) is 0 Å². The third kappa shape index (κ3) is 1.37. The van der Waals surface area contributed by atoms with E-state index in [4.69, 9.17) is 0 Å². The van der Waals surface area contributed by atoms with Crippen molar-refractivity contribution in [3.8, 4) is 0 Å². The lowest BCUT2D eigenvalue weighted by Crippen LogP contribution is -2.05. The zero-order valence-corrected chi connectivity index (χ0v) is 9.84. The number of rotatable bonds is 1. The van der Waals surface area contributed by atoms with Crippen molar-refractivity contribution < 1.29 is 0 Å². The standard InChI is InChI=1S/C17H16/c1-2-6-15-13(4-1)5-3-7-16(15)17-11-12-8-9-14(17)10-12/h1-9,12,14,17H,10-11H2/t12?,14?,17-/m1/s1. The van der Waals surface area contributed by atoms with Gasteiger partial charge in [0.05, 0.1) is 0 Å². The molecular formula is C17H16. The Bertz CT molecular complexity index is 589. The van der Waals surface area contributed by atoms with Crippen LogP contribution in [0.4, 0.5) is 0 Å². The van der Waals surface area contributed by atoms with E-state index in [0.29, 0.717) is 0 Å². The first-order valence-corrected chi connectivity index (χ1v) is 6.58. The summed E-state index contributed by atoms with van der Waals surface area (Å²) in [5, 5.41) is 2.85. The predicted octanol–water partition coefficient (Wildman–Crippen LogP) is 4.52. The van der Waals surface area contributed by atoms with Gasteiger partial charge >= 0.3 is 0 Å². The van der Waals surface area contributed by atoms with E-state index in [2.05, 4.69) is 54.6 Å². The van der Waals surface area contributed by atoms with Crippen molar-refractivity contribution in [1.82, 2.24) is 0 Å². The van der Waals surface area contributed by atoms with Crippen LogP contribution in [0.25, 0.3) is 10.8 Å². The Labute approximate surface area is 102 Å². The van der Waals surface area contributed by atoms with Gasteiger partial charge in [-0.3, -0.25) is 0 Å². The van der Waals surface area contributed by atoms with Crippen molar-refractivity contribution in [3.63, 3.8) is 0 Å². The second-order valence-corrected chi connectivity index (χ2v) is 5.46. The summed E-state index contributed by atoms with van der Waals surface area (Å²) < 4.78 is 0. The summed E-state index contributed by atoms with van der Waals surface area (Å²) in [6.45, 7) is 0. The maximum absolute atomic E-state index is 2.45. The molecule has 3 atom stereocenters. The van der Waals surface area contributed by atoms with Crippen molar-refractivity contribution in [2.75, 3.05) is 0 Å². The van der Waals surface area contributed by atoms with Gasteiger partial charge in [-0.1, -0.05) is 54.6 Å². The molecule has 0 aromatic heterocycles. The van der Waals surface area contributed by atoms with E-state index in [1.54, 1.807) is 5.56 Å². The lowest BCUT2D eigenvalue weighted by atomic mass is 9.84. The highest BCUT2D eigenvalue weighted by atomic mass is 14.4. The highest BCUT2D eigenvalue weighted by molar-refractivity contribution is 5.86. The number of allylic oxidation sites excluding steroid dienone is 2. The number of fused-ring (bicyclic) bond motifs is 3. The van der Waals surface area contributed by atoms with Gasteiger partial charge in [0.2, 0.25) is 0 Å². The molecule has 2 unspecified atom stereocenters. The van der Waals surface area contributed by atoms with Crippen LogP contribution in [0, 0.1) is 11.8 Å². The maximum Gasteiger partial charge on any atom is -0.00870 e. The molecule has 0 nitrogen and oxygen atoms in total. The SMILES string of the molecule is C1=CC2CC1C[C@H]2c1cccc2ccccc12. The average molecular weight is 220 g/mol. The molecule has 0 amide bonds. The molecule has 1 saturated carbocycles. The molecule has 0 spiro atoms. The van der Waals surface area contributed by atoms with E-state index in [9.17, 15) is 0 Å². The molecule has 1 fully saturated rings. The van der Waals surface area contributed by atoms with Crippen molar-refractivity contribution in [2.45, 2.75) is 18.8 Å². The molecule has 2 aromatic rings. The highest BCUT2D eigenvalue weighted by Crippen LogP contribution is 2.49. The van der Waals surface area contributed by atoms with Crippen molar-refractivity contribution in [3.05, 3.63) is 60.2 Å². The Kier molecular flexibility index (Phi) is 1.93. The monoisotopic (exact) mass is 220 g/mol. The summed E-state index contributed by atoms with van der Waals surface area (Å²) in [5.41, 5.74) is 1.57. The second-order valence-electron chi connectivity index (χ2n) is 5.46. The number of benzene rings is 2. The summed E-state index contributed by atoms with van der Waals surface area (Å²) in [6, 6.07) is 15.6. The van der Waals surface area contributed by atoms with Crippen molar-refractivity contribution in [1.29, 1.82) is 0 Å². The fourth-order valence-corrected chi connectivity index (χ4v) is 3.71. The predicted molar refractivity (Wildman–Crippen MR) is 72.0 cm³/mol. The normalized spacial score (nSPS) is 30.2. The number of hydrogen-bond acceptors (Lipinski definition) is 0. The van der Waals surface area contributed by atoms with E-state index in [1.165, 1.54) is 23.6 Å². The topological polar surface area (TPSA) is 0 Å². The minimum Gasteiger partial charge on any atom is -0.0851 e. The molecular weight excluding hydrogens is 204 g/mol. The number of hydrogen-bond donors (Lipinski definition) is 0. The van der Waals surface area contributed by atoms with Gasteiger partial charge in [-0.25, -0.2) is 0 Å². The van der Waals surface area contributed by atoms with Gasteiger partial charge in [0.25, 0.3) is 0 Å². The highest BCUT2D eigenvalue weighted by Gasteiger charge is 2.36. The van der Waals surface area contributed by atoms with E-state index < -0.39 is 0 Å². The van der Waals surface area contributed by atoms with Crippen LogP contribution in [0.2, 0.25) is 0 Å². The molecule has 0 heteroatoms. The molecule has 2 bridgehead atoms. The minimum absolute atomic E-state index is 0.760. The van der Waals surface area contributed by atoms with E-state index in [-0.39, 0.29) is 0 Å². The molecule has 0 N–H and O–H groups in total. The first kappa shape index (κ1) is 9.47. The Hall–Kier alpha value is -1.56. The fraction of sp³-hybridized carbons (Fsp3) is 0.294. The van der Waals surface area contributed by atoms with Crippen LogP contribution in [-0.2, 0) is 0 Å². The lowest BCUT2D eigenvalue weighted by Gasteiger charge is -2.20. The Morgan fingerprint density at radius 3 is 2.53 bits per heavy atom. The van der Waals surface area contributed by atoms with Gasteiger partial charge in [0.15, 0.2) is 0 Å². The van der Waals surface area contributed by atoms with Gasteiger partial charge in [0.1, 0.15) is 0 Å². The molecule has 17 heavy (non-hydrogen) atoms. The largest absolute Gasteiger partial charge is 0.0851 e. The fourth-order valence-electron chi connectivity index (χ4n) is 3.71. The molecule has 2 aliphatic rings. The Morgan fingerprint density at radius 1 is 0.824 bits per heavy atom. The summed E-state index contributed by atoms with van der Waals surface area (Å²) >= 11 is 0. The zero-order valence-electron chi connectivity index (χ0n) is 9.84. The summed E-state index contributed by atoms with van der Waals surface area (Å²) in [4.78, 5) is 0. The van der Waals surface area contributed by atoms with E-state index in [1.807, 2.05) is 0 Å². The molecule has 0 radical (unpaired) electrons. The summed E-state index contributed by atoms with van der Waals surface area (Å²) in [6.07, 6.45) is 7.61. The van der Waals surface area contributed by atoms with Crippen LogP contribution in [0.15, 0.2) is 54.6 Å². The van der Waals surface area contributed by atoms with Crippen LogP contribution >= 0.6 is 0 Å². The summed E-state index contributed by atoms with van der Waals surface area (Å²) in [7, 11) is 0. The lowest BCUT2D eigenvalue weighted by molar-refractivity contribution is 0.589. The first-order valence-electron chi connectivity index (χ1n) is 6.58. The van der Waals surface area contributed by atoms with Gasteiger partial charge in [-0.05, 0) is 46.9 Å². The quantitative estimate of drug-likeness (QED) is 0.620. The molecule has 0 aliphatic heterocycles. The van der Waals surface area contributed by atoms with Crippen LogP contribution in [0.1, 0.15) is 24.3 Å². The Balaban J connectivity index is 1.88. The third-order valence-corrected chi connectivity index (χ3v) is 4.50. The first-order chi connectivity index (χ1) is 8.42. The van der Waals surface area contributed by atoms with E-state index >= 15 is 0 Å². The molecule has 2 aliphatic carbocycles. The second kappa shape index (κ2) is 3.46. The molecule has 2 aromatic carbocycles. The maximum atomic E-state index is 2.45. The summed E-state index contributed by atoms with van der Waals surface area (Å²) in [5.74, 6) is 2.41. The third-order valence-electron chi connectivity index (χ3n) is 4.50. The molecule has 4 rings (SSSR count). The minimum atomic E-state index is 0.760.